The number of aromatic amines is 1. The van der Waals surface area contributed by atoms with Gasteiger partial charge in [0.15, 0.2) is 47.4 Å². The highest BCUT2D eigenvalue weighted by atomic mass is 32.7. The van der Waals surface area contributed by atoms with E-state index >= 15 is 8.78 Å². The summed E-state index contributed by atoms with van der Waals surface area (Å²) in [5.74, 6) is -1.03. The zero-order valence-electron chi connectivity index (χ0n) is 34.4. The van der Waals surface area contributed by atoms with Crippen LogP contribution in [0.2, 0.25) is 0 Å². The number of amides is 2. The molecule has 0 saturated carbocycles. The second-order valence-corrected chi connectivity index (χ2v) is 20.8. The molecule has 2 radical (unpaired) electrons. The number of nitrogens with one attached hydrogen (secondary N) is 3. The highest BCUT2D eigenvalue weighted by Crippen LogP contribution is 2.65. The molecule has 346 valence electrons. The van der Waals surface area contributed by atoms with Gasteiger partial charge in [0.1, 0.15) is 36.3 Å². The largest absolute Gasteiger partial charge is 0.389 e. The number of fused-ring (bicyclic) bond motifs is 4. The molecule has 3 saturated heterocycles. The summed E-state index contributed by atoms with van der Waals surface area (Å²) in [6.07, 6.45) is -6.68. The van der Waals surface area contributed by atoms with Crippen LogP contribution in [0.4, 0.5) is 26.2 Å². The van der Waals surface area contributed by atoms with E-state index in [1.807, 2.05) is 0 Å². The molecule has 2 amide bonds. The first kappa shape index (κ1) is 46.7. The maximum Gasteiger partial charge on any atom is 0.389 e. The van der Waals surface area contributed by atoms with Gasteiger partial charge in [-0.05, 0) is 35.5 Å². The molecular weight excluding hydrogens is 919 g/mol. The van der Waals surface area contributed by atoms with Gasteiger partial charge in [-0.1, -0.05) is 38.3 Å². The number of ether oxygens (including phenoxy) is 2. The first-order valence-electron chi connectivity index (χ1n) is 20.3. The number of alkyl halides is 2. The number of hydrogen-bond acceptors (Lipinski definition) is 19. The van der Waals surface area contributed by atoms with Gasteiger partial charge in [-0.25, -0.2) is 33.3 Å². The van der Waals surface area contributed by atoms with Gasteiger partial charge in [0, 0.05) is 17.9 Å². The molecule has 29 heteroatoms. The van der Waals surface area contributed by atoms with Crippen molar-refractivity contribution in [3.05, 3.63) is 59.2 Å². The maximum atomic E-state index is 16.8. The average molecular weight is 963 g/mol. The van der Waals surface area contributed by atoms with E-state index in [1.54, 1.807) is 24.3 Å². The number of H-pyrrole nitrogens is 1. The van der Waals surface area contributed by atoms with Crippen LogP contribution in [-0.2, 0) is 52.0 Å². The van der Waals surface area contributed by atoms with Crippen molar-refractivity contribution in [3.63, 3.8) is 0 Å². The summed E-state index contributed by atoms with van der Waals surface area (Å²) in [6, 6.07) is 6.42. The summed E-state index contributed by atoms with van der Waals surface area (Å²) in [5.41, 5.74) is 11.8. The normalized spacial score (nSPS) is 29.5. The number of benzene rings is 1. The van der Waals surface area contributed by atoms with Gasteiger partial charge in [0.25, 0.3) is 13.0 Å². The van der Waals surface area contributed by atoms with Crippen molar-refractivity contribution in [2.24, 2.45) is 0 Å². The molecule has 65 heavy (non-hydrogen) atoms. The van der Waals surface area contributed by atoms with Crippen LogP contribution >= 0.6 is 25.7 Å². The van der Waals surface area contributed by atoms with Gasteiger partial charge in [-0.2, -0.15) is 4.98 Å². The topological polar surface area (TPSA) is 307 Å². The van der Waals surface area contributed by atoms with E-state index in [2.05, 4.69) is 47.5 Å². The zero-order chi connectivity index (χ0) is 46.0. The van der Waals surface area contributed by atoms with Crippen LogP contribution in [0.1, 0.15) is 57.0 Å². The summed E-state index contributed by atoms with van der Waals surface area (Å²) >= 11 is 0.647. The number of nitrogen functional groups attached to an aromatic ring is 2. The van der Waals surface area contributed by atoms with Crippen LogP contribution in [0.25, 0.3) is 22.3 Å². The Morgan fingerprint density at radius 3 is 2.26 bits per heavy atom. The number of nitrogens with two attached hydrogens (primary N) is 2. The summed E-state index contributed by atoms with van der Waals surface area (Å²) in [4.78, 5) is 59.7. The van der Waals surface area contributed by atoms with E-state index in [0.717, 1.165) is 42.9 Å². The Morgan fingerprint density at radius 2 is 1.55 bits per heavy atom. The van der Waals surface area contributed by atoms with Crippen molar-refractivity contribution in [1.82, 2.24) is 44.4 Å². The predicted octanol–water partition coefficient (Wildman–Crippen LogP) is 3.76. The van der Waals surface area contributed by atoms with Crippen LogP contribution in [-0.4, -0.2) is 115 Å². The third-order valence-corrected chi connectivity index (χ3v) is 15.3. The molecule has 0 unspecified atom stereocenters. The molecule has 0 aliphatic carbocycles. The Kier molecular flexibility index (Phi) is 14.0. The number of nitrogens with zero attached hydrogens (tertiary/aromatic N) is 7. The van der Waals surface area contributed by atoms with Crippen molar-refractivity contribution in [2.45, 2.75) is 94.0 Å². The number of aromatic nitrogens is 8. The summed E-state index contributed by atoms with van der Waals surface area (Å²) < 4.78 is 99.3. The van der Waals surface area contributed by atoms with Crippen LogP contribution in [0.5, 0.6) is 0 Å². The van der Waals surface area contributed by atoms with E-state index in [9.17, 15) is 23.5 Å². The molecule has 3 aliphatic rings. The number of carbonyl (C=O) groups is 2. The Balaban J connectivity index is 1.03. The fourth-order valence-corrected chi connectivity index (χ4v) is 11.7. The monoisotopic (exact) mass is 962 g/mol. The minimum absolute atomic E-state index is 0.00705. The van der Waals surface area contributed by atoms with Crippen molar-refractivity contribution >= 4 is 84.8 Å². The number of carbonyl (C=O) groups excluding carboxylic acids is 2. The highest BCUT2D eigenvalue weighted by Gasteiger charge is 2.54. The van der Waals surface area contributed by atoms with Gasteiger partial charge in [-0.3, -0.25) is 42.1 Å². The Hall–Kier alpha value is -4.85. The number of anilines is 3. The van der Waals surface area contributed by atoms with Gasteiger partial charge in [0.2, 0.25) is 25.3 Å². The third-order valence-electron chi connectivity index (χ3n) is 10.6. The molecule has 7 N–H and O–H groups in total. The van der Waals surface area contributed by atoms with Gasteiger partial charge in [0.05, 0.1) is 32.4 Å². The molecule has 5 aromatic rings. The smallest absolute Gasteiger partial charge is 0.382 e. The molecule has 3 aliphatic heterocycles. The van der Waals surface area contributed by atoms with Crippen LogP contribution in [0, 0.1) is 0 Å². The van der Waals surface area contributed by atoms with E-state index in [0.29, 0.717) is 29.1 Å². The minimum Gasteiger partial charge on any atom is -0.382 e. The molecule has 3 fully saturated rings. The fourth-order valence-electron chi connectivity index (χ4n) is 7.35. The van der Waals surface area contributed by atoms with E-state index in [-0.39, 0.29) is 52.3 Å². The lowest BCUT2D eigenvalue weighted by Crippen LogP contribution is -2.37. The second kappa shape index (κ2) is 19.6. The minimum atomic E-state index is -4.75. The average Bonchev–Trinajstić information content (AvgIpc) is 4.04. The molecule has 0 bridgehead atoms. The van der Waals surface area contributed by atoms with Gasteiger partial charge < -0.3 is 40.6 Å². The lowest BCUT2D eigenvalue weighted by Gasteiger charge is -2.30. The molecule has 4 aromatic heterocycles. The van der Waals surface area contributed by atoms with Crippen molar-refractivity contribution in [3.8, 4) is 0 Å². The standard InChI is InChI=1S/C36H43BF2N12O11P2S/c1-2-3-4-5-6-22(52)42-11-23(53)47-19-9-7-18(8-10-19)14-65-64(56)58-13-21-28(24(38)35(60-21)51-17-46-27-32(51)48-36(41)49-33(27)54)61-63(37,55)57-12-20-29(62-64)25(39)34(59-20)50-16-45-26-30(40)43-15-44-31(26)50/h7-10,15-17,20-21,24-25,28-29,34-35H,2-6,11-14H2,1H3,(H,42,52)(H,47,53)(H2,40,43,44)(H3,41,48,49,54)/t20-,21-,24-,25-,28-,29-,34-,35-,63-,64+/m1/s1. The first-order valence-corrected chi connectivity index (χ1v) is 25.1. The van der Waals surface area contributed by atoms with Crippen LogP contribution < -0.4 is 27.7 Å². The predicted molar refractivity (Wildman–Crippen MR) is 231 cm³/mol. The zero-order valence-corrected chi connectivity index (χ0v) is 37.0. The molecule has 7 heterocycles. The van der Waals surface area contributed by atoms with E-state index in [1.165, 1.54) is 10.9 Å². The number of unbranched alkanes of at least 4 members (excludes halogenated alkanes) is 3. The van der Waals surface area contributed by atoms with Gasteiger partial charge in [-0.15, -0.1) is 0 Å². The molecule has 8 rings (SSSR count). The number of halogens is 2. The third kappa shape index (κ3) is 10.4. The SMILES string of the molecule is [B][P@@]1(=O)OC[C@H]2O[C@@H](n3cnc4c(N)ncnc43)[C@H](F)[C@@H]2O[P@@](=O)(SCc2ccc(NC(=O)CNC(=O)CCCCCC)cc2)OC[C@H]2O[C@@H](n3cnc4c(=O)[nH]c(N)nc43)[C@H](F)[C@@H]2O1. The highest BCUT2D eigenvalue weighted by molar-refractivity contribution is 8.54. The van der Waals surface area contributed by atoms with Crippen molar-refractivity contribution in [1.29, 1.82) is 0 Å². The van der Waals surface area contributed by atoms with Crippen molar-refractivity contribution < 1.29 is 55.1 Å². The quantitative estimate of drug-likeness (QED) is 0.0637. The molecule has 1 aromatic carbocycles. The molecular formula is C36H43BF2N12O11P2S. The molecule has 0 spiro atoms. The Labute approximate surface area is 373 Å². The number of rotatable bonds is 13. The second-order valence-electron chi connectivity index (χ2n) is 15.2. The number of hydrogen-bond donors (Lipinski definition) is 5. The molecule has 23 nitrogen and oxygen atoms in total. The summed E-state index contributed by atoms with van der Waals surface area (Å²) in [5, 5.41) is 5.31. The summed E-state index contributed by atoms with van der Waals surface area (Å²) in [6.45, 7) is -4.28. The fraction of sp³-hybridized carbons (Fsp3) is 0.500. The Bertz CT molecular complexity index is 2700. The lowest BCUT2D eigenvalue weighted by atomic mass is 10.1. The van der Waals surface area contributed by atoms with Crippen LogP contribution in [0.15, 0.2) is 48.0 Å². The number of imidazole rings is 2. The lowest BCUT2D eigenvalue weighted by molar-refractivity contribution is -0.124. The van der Waals surface area contributed by atoms with Crippen LogP contribution in [0.3, 0.4) is 0 Å². The molecule has 10 atom stereocenters. The first-order chi connectivity index (χ1) is 31.1. The van der Waals surface area contributed by atoms with Gasteiger partial charge >= 0.3 is 6.80 Å². The Morgan fingerprint density at radius 1 is 0.892 bits per heavy atom. The van der Waals surface area contributed by atoms with E-state index < -0.39 is 88.2 Å². The van der Waals surface area contributed by atoms with E-state index in [4.69, 9.17) is 46.6 Å². The summed E-state index contributed by atoms with van der Waals surface area (Å²) in [7, 11) is 1.24. The maximum absolute atomic E-state index is 16.8. The van der Waals surface area contributed by atoms with Crippen molar-refractivity contribution in [2.75, 3.05) is 36.5 Å².